The third kappa shape index (κ3) is 3.24. The Morgan fingerprint density at radius 3 is 2.65 bits per heavy atom. The van der Waals surface area contributed by atoms with Crippen molar-refractivity contribution >= 4 is 23.6 Å². The Hall–Kier alpha value is -1.50. The largest absolute Gasteiger partial charge is 0.342 e. The van der Waals surface area contributed by atoms with E-state index >= 15 is 0 Å². The lowest BCUT2D eigenvalue weighted by molar-refractivity contribution is -0.137. The number of hydrogen-bond acceptors (Lipinski definition) is 4. The smallest absolute Gasteiger partial charge is 0.246 e. The number of amides is 2. The first kappa shape index (κ1) is 16.4. The maximum absolute atomic E-state index is 12.6. The number of aromatic nitrogens is 2. The fourth-order valence-electron chi connectivity index (χ4n) is 3.21. The summed E-state index contributed by atoms with van der Waals surface area (Å²) in [6, 6.07) is -0.384. The number of nitrogens with zero attached hydrogens (tertiary/aromatic N) is 3. The minimum absolute atomic E-state index is 0.0463. The maximum Gasteiger partial charge on any atom is 0.246 e. The Morgan fingerprint density at radius 2 is 2.09 bits per heavy atom. The van der Waals surface area contributed by atoms with Gasteiger partial charge in [-0.05, 0) is 26.7 Å². The summed E-state index contributed by atoms with van der Waals surface area (Å²) in [7, 11) is 2.01. The van der Waals surface area contributed by atoms with E-state index in [1.807, 2.05) is 38.2 Å². The van der Waals surface area contributed by atoms with Crippen molar-refractivity contribution in [1.82, 2.24) is 19.8 Å². The van der Waals surface area contributed by atoms with Crippen molar-refractivity contribution < 1.29 is 9.59 Å². The zero-order chi connectivity index (χ0) is 16.6. The van der Waals surface area contributed by atoms with Gasteiger partial charge >= 0.3 is 0 Å². The van der Waals surface area contributed by atoms with Gasteiger partial charge in [0.1, 0.15) is 11.9 Å². The molecule has 1 aromatic heterocycles. The summed E-state index contributed by atoms with van der Waals surface area (Å²) < 4.78 is 1.62. The van der Waals surface area contributed by atoms with Crippen LogP contribution >= 0.6 is 11.8 Å². The SMILES string of the molecule is Cn1ccnc1C1CCN(C(=O)C2CSC(C)(C)C(=O)N2)CC1. The lowest BCUT2D eigenvalue weighted by Crippen LogP contribution is -2.58. The molecule has 2 aliphatic heterocycles. The molecule has 1 aromatic rings. The van der Waals surface area contributed by atoms with Crippen LogP contribution in [0.2, 0.25) is 0 Å². The van der Waals surface area contributed by atoms with Gasteiger partial charge in [-0.25, -0.2) is 4.98 Å². The molecule has 0 bridgehead atoms. The normalized spacial score (nSPS) is 25.3. The topological polar surface area (TPSA) is 67.2 Å². The number of imidazole rings is 1. The van der Waals surface area contributed by atoms with Gasteiger partial charge in [0.05, 0.1) is 4.75 Å². The molecule has 1 atom stereocenters. The molecular weight excluding hydrogens is 312 g/mol. The quantitative estimate of drug-likeness (QED) is 0.879. The van der Waals surface area contributed by atoms with E-state index in [1.54, 1.807) is 11.8 Å². The Morgan fingerprint density at radius 1 is 1.39 bits per heavy atom. The van der Waals surface area contributed by atoms with Gasteiger partial charge in [-0.1, -0.05) is 0 Å². The summed E-state index contributed by atoms with van der Waals surface area (Å²) in [5.74, 6) is 2.17. The summed E-state index contributed by atoms with van der Waals surface area (Å²) in [6.07, 6.45) is 5.64. The summed E-state index contributed by atoms with van der Waals surface area (Å²) >= 11 is 1.56. The zero-order valence-corrected chi connectivity index (χ0v) is 14.7. The Balaban J connectivity index is 1.57. The maximum atomic E-state index is 12.6. The van der Waals surface area contributed by atoms with Crippen molar-refractivity contribution in [2.75, 3.05) is 18.8 Å². The number of aryl methyl sites for hydroxylation is 1. The van der Waals surface area contributed by atoms with Gasteiger partial charge in [-0.3, -0.25) is 9.59 Å². The molecule has 1 unspecified atom stereocenters. The van der Waals surface area contributed by atoms with Crippen LogP contribution in [0.3, 0.4) is 0 Å². The molecule has 2 saturated heterocycles. The molecule has 23 heavy (non-hydrogen) atoms. The monoisotopic (exact) mass is 336 g/mol. The molecule has 7 heteroatoms. The highest BCUT2D eigenvalue weighted by atomic mass is 32.2. The Bertz CT molecular complexity index is 605. The van der Waals surface area contributed by atoms with Crippen LogP contribution in [0.5, 0.6) is 0 Å². The highest BCUT2D eigenvalue weighted by Crippen LogP contribution is 2.31. The summed E-state index contributed by atoms with van der Waals surface area (Å²) in [4.78, 5) is 31.0. The number of rotatable bonds is 2. The van der Waals surface area contributed by atoms with Crippen LogP contribution in [0.1, 0.15) is 38.4 Å². The number of piperidine rings is 1. The number of nitrogens with one attached hydrogen (secondary N) is 1. The average molecular weight is 336 g/mol. The molecular formula is C16H24N4O2S. The van der Waals surface area contributed by atoms with E-state index in [0.717, 1.165) is 31.8 Å². The van der Waals surface area contributed by atoms with Gasteiger partial charge in [0.25, 0.3) is 0 Å². The molecule has 0 saturated carbocycles. The zero-order valence-electron chi connectivity index (χ0n) is 13.9. The van der Waals surface area contributed by atoms with Crippen LogP contribution in [-0.2, 0) is 16.6 Å². The van der Waals surface area contributed by atoms with Crippen molar-refractivity contribution in [3.05, 3.63) is 18.2 Å². The fraction of sp³-hybridized carbons (Fsp3) is 0.688. The van der Waals surface area contributed by atoms with Crippen molar-refractivity contribution in [1.29, 1.82) is 0 Å². The molecule has 2 fully saturated rings. The minimum Gasteiger partial charge on any atom is -0.342 e. The first-order chi connectivity index (χ1) is 10.9. The van der Waals surface area contributed by atoms with Crippen molar-refractivity contribution in [2.24, 2.45) is 7.05 Å². The lowest BCUT2D eigenvalue weighted by atomic mass is 9.95. The Kier molecular flexibility index (Phi) is 4.40. The van der Waals surface area contributed by atoms with Gasteiger partial charge in [-0.2, -0.15) is 0 Å². The molecule has 0 aromatic carbocycles. The summed E-state index contributed by atoms with van der Waals surface area (Å²) in [5.41, 5.74) is 0. The predicted octanol–water partition coefficient (Wildman–Crippen LogP) is 1.14. The second-order valence-electron chi connectivity index (χ2n) is 6.84. The highest BCUT2D eigenvalue weighted by molar-refractivity contribution is 8.01. The molecule has 0 aliphatic carbocycles. The van der Waals surface area contributed by atoms with E-state index < -0.39 is 4.75 Å². The van der Waals surface area contributed by atoms with Gasteiger partial charge in [0, 0.05) is 44.2 Å². The highest BCUT2D eigenvalue weighted by Gasteiger charge is 2.39. The number of likely N-dealkylation sites (tertiary alicyclic amines) is 1. The second kappa shape index (κ2) is 6.19. The van der Waals surface area contributed by atoms with Gasteiger partial charge < -0.3 is 14.8 Å². The summed E-state index contributed by atoms with van der Waals surface area (Å²) in [6.45, 7) is 5.26. The molecule has 3 heterocycles. The van der Waals surface area contributed by atoms with E-state index in [4.69, 9.17) is 0 Å². The van der Waals surface area contributed by atoms with Crippen LogP contribution in [0.4, 0.5) is 0 Å². The lowest BCUT2D eigenvalue weighted by Gasteiger charge is -2.38. The summed E-state index contributed by atoms with van der Waals surface area (Å²) in [5, 5.41) is 2.88. The predicted molar refractivity (Wildman–Crippen MR) is 90.2 cm³/mol. The fourth-order valence-corrected chi connectivity index (χ4v) is 4.21. The average Bonchev–Trinajstić information content (AvgIpc) is 2.96. The molecule has 2 amide bonds. The van der Waals surface area contributed by atoms with Gasteiger partial charge in [-0.15, -0.1) is 11.8 Å². The molecule has 126 valence electrons. The number of thioether (sulfide) groups is 1. The van der Waals surface area contributed by atoms with E-state index in [9.17, 15) is 9.59 Å². The molecule has 2 aliphatic rings. The minimum atomic E-state index is -0.442. The molecule has 1 N–H and O–H groups in total. The Labute approximate surface area is 141 Å². The third-order valence-electron chi connectivity index (χ3n) is 4.79. The van der Waals surface area contributed by atoms with Crippen LogP contribution in [0.15, 0.2) is 12.4 Å². The number of hydrogen-bond donors (Lipinski definition) is 1. The second-order valence-corrected chi connectivity index (χ2v) is 8.49. The standard InChI is InChI=1S/C16H24N4O2S/c1-16(2)15(22)18-12(10-23-16)14(21)20-7-4-11(5-8-20)13-17-6-9-19(13)3/h6,9,11-12H,4-5,7-8,10H2,1-3H3,(H,18,22). The first-order valence-electron chi connectivity index (χ1n) is 8.09. The van der Waals surface area contributed by atoms with Crippen molar-refractivity contribution in [3.63, 3.8) is 0 Å². The van der Waals surface area contributed by atoms with Crippen LogP contribution in [0, 0.1) is 0 Å². The third-order valence-corrected chi connectivity index (χ3v) is 6.20. The number of carbonyl (C=O) groups excluding carboxylic acids is 2. The molecule has 0 radical (unpaired) electrons. The van der Waals surface area contributed by atoms with Gasteiger partial charge in [0.15, 0.2) is 0 Å². The van der Waals surface area contributed by atoms with E-state index in [1.165, 1.54) is 0 Å². The number of carbonyl (C=O) groups is 2. The van der Waals surface area contributed by atoms with Crippen molar-refractivity contribution in [3.8, 4) is 0 Å². The first-order valence-corrected chi connectivity index (χ1v) is 9.08. The van der Waals surface area contributed by atoms with Gasteiger partial charge in [0.2, 0.25) is 11.8 Å². The molecule has 0 spiro atoms. The van der Waals surface area contributed by atoms with E-state index in [2.05, 4.69) is 14.9 Å². The van der Waals surface area contributed by atoms with E-state index in [0.29, 0.717) is 11.7 Å². The van der Waals surface area contributed by atoms with Crippen molar-refractivity contribution in [2.45, 2.75) is 43.4 Å². The van der Waals surface area contributed by atoms with E-state index in [-0.39, 0.29) is 17.9 Å². The van der Waals surface area contributed by atoms with Crippen LogP contribution < -0.4 is 5.32 Å². The van der Waals surface area contributed by atoms with Crippen LogP contribution in [0.25, 0.3) is 0 Å². The van der Waals surface area contributed by atoms with Crippen LogP contribution in [-0.4, -0.2) is 55.9 Å². The molecule has 6 nitrogen and oxygen atoms in total. The molecule has 3 rings (SSSR count).